The number of amides is 3. The molecule has 2 heterocycles. The van der Waals surface area contributed by atoms with Crippen LogP contribution in [0.3, 0.4) is 0 Å². The maximum Gasteiger partial charge on any atom is 0.328 e. The second-order valence-corrected chi connectivity index (χ2v) is 10.0. The number of phenolic OH excluding ortho intramolecular Hbond substituents is 1. The van der Waals surface area contributed by atoms with Crippen LogP contribution in [0.15, 0.2) is 67.3 Å². The second kappa shape index (κ2) is 14.1. The lowest BCUT2D eigenvalue weighted by Crippen LogP contribution is -2.58. The van der Waals surface area contributed by atoms with Gasteiger partial charge < -0.3 is 47.0 Å². The Morgan fingerprint density at radius 3 is 2.14 bits per heavy atom. The van der Waals surface area contributed by atoms with E-state index in [0.717, 1.165) is 10.9 Å². The smallest absolute Gasteiger partial charge is 0.328 e. The molecule has 0 saturated heterocycles. The van der Waals surface area contributed by atoms with Crippen molar-refractivity contribution in [1.82, 2.24) is 30.9 Å². The highest BCUT2D eigenvalue weighted by Gasteiger charge is 2.31. The van der Waals surface area contributed by atoms with Crippen LogP contribution in [-0.4, -0.2) is 84.7 Å². The molecule has 0 bridgehead atoms. The van der Waals surface area contributed by atoms with Gasteiger partial charge in [-0.15, -0.1) is 0 Å². The zero-order valence-electron chi connectivity index (χ0n) is 23.0. The molecule has 4 aromatic rings. The number of aromatic hydroxyl groups is 1. The summed E-state index contributed by atoms with van der Waals surface area (Å²) in [4.78, 5) is 61.4. The van der Waals surface area contributed by atoms with Gasteiger partial charge in [-0.3, -0.25) is 14.4 Å². The van der Waals surface area contributed by atoms with E-state index in [4.69, 9.17) is 5.73 Å². The molecule has 4 atom stereocenters. The van der Waals surface area contributed by atoms with Crippen molar-refractivity contribution in [1.29, 1.82) is 0 Å². The number of aliphatic hydroxyl groups is 1. The van der Waals surface area contributed by atoms with E-state index >= 15 is 0 Å². The van der Waals surface area contributed by atoms with Gasteiger partial charge in [-0.25, -0.2) is 9.78 Å². The highest BCUT2D eigenvalue weighted by atomic mass is 16.4. The minimum Gasteiger partial charge on any atom is -0.508 e. The Hall–Kier alpha value is -5.21. The molecule has 0 aliphatic carbocycles. The van der Waals surface area contributed by atoms with Crippen molar-refractivity contribution >= 4 is 34.6 Å². The molecule has 10 N–H and O–H groups in total. The van der Waals surface area contributed by atoms with E-state index in [1.54, 1.807) is 18.3 Å². The SMILES string of the molecule is NC(Cc1ccc(O)cc1)C(=O)NC(Cc1cnc[nH]1)C(=O)NC(Cc1c[nH]c2ccccc12)C(=O)NC(CO)C(=O)O. The van der Waals surface area contributed by atoms with Crippen LogP contribution in [0.1, 0.15) is 16.8 Å². The number of nitrogens with one attached hydrogen (secondary N) is 5. The molecule has 0 spiro atoms. The topological polar surface area (TPSA) is 236 Å². The van der Waals surface area contributed by atoms with Gasteiger partial charge in [0, 0.05) is 41.8 Å². The van der Waals surface area contributed by atoms with E-state index in [-0.39, 0.29) is 25.0 Å². The Bertz CT molecular complexity index is 1550. The first-order chi connectivity index (χ1) is 20.6. The van der Waals surface area contributed by atoms with Gasteiger partial charge in [0.2, 0.25) is 17.7 Å². The molecule has 2 aromatic carbocycles. The minimum atomic E-state index is -1.59. The summed E-state index contributed by atoms with van der Waals surface area (Å²) >= 11 is 0. The summed E-state index contributed by atoms with van der Waals surface area (Å²) in [6, 6.07) is 8.44. The largest absolute Gasteiger partial charge is 0.508 e. The Labute approximate surface area is 245 Å². The van der Waals surface area contributed by atoms with E-state index in [0.29, 0.717) is 16.8 Å². The number of hydrogen-bond acceptors (Lipinski definition) is 8. The van der Waals surface area contributed by atoms with Gasteiger partial charge in [-0.2, -0.15) is 0 Å². The standard InChI is InChI=1S/C29H33N7O7/c30-21(9-16-5-7-19(38)8-6-16)26(39)34-24(11-18-13-31-15-33-18)28(41)35-23(27(40)36-25(14-37)29(42)43)10-17-12-32-22-4-2-1-3-20(17)22/h1-8,12-13,15,21,23-25,32,37-38H,9-11,14,30H2,(H,31,33)(H,34,39)(H,35,41)(H,36,40)(H,42,43). The molecule has 0 saturated carbocycles. The molecule has 226 valence electrons. The number of para-hydroxylation sites is 1. The molecule has 0 aliphatic heterocycles. The quantitative estimate of drug-likeness (QED) is 0.0916. The number of carbonyl (C=O) groups excluding carboxylic acids is 3. The number of aromatic nitrogens is 3. The highest BCUT2D eigenvalue weighted by Crippen LogP contribution is 2.19. The number of nitrogens with two attached hydrogens (primary N) is 1. The molecular weight excluding hydrogens is 558 g/mol. The zero-order valence-corrected chi connectivity index (χ0v) is 23.0. The average molecular weight is 592 g/mol. The van der Waals surface area contributed by atoms with E-state index < -0.39 is 54.5 Å². The molecule has 14 nitrogen and oxygen atoms in total. The van der Waals surface area contributed by atoms with E-state index in [9.17, 15) is 34.5 Å². The number of nitrogens with zero attached hydrogens (tertiary/aromatic N) is 1. The number of rotatable bonds is 14. The number of carbonyl (C=O) groups is 4. The van der Waals surface area contributed by atoms with E-state index in [2.05, 4.69) is 30.9 Å². The van der Waals surface area contributed by atoms with Crippen molar-refractivity contribution in [3.8, 4) is 5.75 Å². The molecule has 43 heavy (non-hydrogen) atoms. The van der Waals surface area contributed by atoms with Gasteiger partial charge in [-0.05, 0) is 35.7 Å². The van der Waals surface area contributed by atoms with Crippen LogP contribution in [0.5, 0.6) is 5.75 Å². The molecule has 4 unspecified atom stereocenters. The van der Waals surface area contributed by atoms with Crippen molar-refractivity contribution in [3.63, 3.8) is 0 Å². The van der Waals surface area contributed by atoms with Crippen LogP contribution in [0, 0.1) is 0 Å². The summed E-state index contributed by atoms with van der Waals surface area (Å²) in [5.41, 5.74) is 8.83. The molecule has 0 radical (unpaired) electrons. The van der Waals surface area contributed by atoms with Crippen LogP contribution < -0.4 is 21.7 Å². The van der Waals surface area contributed by atoms with Gasteiger partial charge in [-0.1, -0.05) is 30.3 Å². The number of hydrogen-bond donors (Lipinski definition) is 9. The van der Waals surface area contributed by atoms with Crippen molar-refractivity contribution < 1.29 is 34.5 Å². The molecule has 2 aromatic heterocycles. The number of aromatic amines is 2. The second-order valence-electron chi connectivity index (χ2n) is 10.0. The number of carboxylic acid groups (broad SMARTS) is 1. The number of benzene rings is 2. The first-order valence-corrected chi connectivity index (χ1v) is 13.4. The van der Waals surface area contributed by atoms with Gasteiger partial charge in [0.05, 0.1) is 19.0 Å². The molecule has 3 amide bonds. The predicted molar refractivity (Wildman–Crippen MR) is 155 cm³/mol. The average Bonchev–Trinajstić information content (AvgIpc) is 3.66. The molecule has 0 aliphatic rings. The third kappa shape index (κ3) is 8.18. The van der Waals surface area contributed by atoms with Crippen molar-refractivity contribution in [3.05, 3.63) is 84.1 Å². The number of imidazole rings is 1. The Balaban J connectivity index is 1.55. The summed E-state index contributed by atoms with van der Waals surface area (Å²) in [7, 11) is 0. The maximum absolute atomic E-state index is 13.6. The number of aliphatic hydroxyl groups excluding tert-OH is 1. The minimum absolute atomic E-state index is 0.0146. The summed E-state index contributed by atoms with van der Waals surface area (Å²) in [6.45, 7) is -0.855. The lowest BCUT2D eigenvalue weighted by atomic mass is 10.0. The maximum atomic E-state index is 13.6. The lowest BCUT2D eigenvalue weighted by molar-refractivity contribution is -0.143. The van der Waals surface area contributed by atoms with Gasteiger partial charge in [0.25, 0.3) is 0 Å². The van der Waals surface area contributed by atoms with Crippen LogP contribution in [0.2, 0.25) is 0 Å². The van der Waals surface area contributed by atoms with Crippen molar-refractivity contribution in [2.45, 2.75) is 43.4 Å². The summed E-state index contributed by atoms with van der Waals surface area (Å²) in [5.74, 6) is -3.57. The fourth-order valence-corrected chi connectivity index (χ4v) is 4.54. The fraction of sp³-hybridized carbons (Fsp3) is 0.276. The van der Waals surface area contributed by atoms with Crippen molar-refractivity contribution in [2.24, 2.45) is 5.73 Å². The molecule has 4 rings (SSSR count). The Morgan fingerprint density at radius 2 is 1.49 bits per heavy atom. The van der Waals surface area contributed by atoms with Gasteiger partial charge in [0.1, 0.15) is 23.9 Å². The number of carboxylic acids is 1. The third-order valence-corrected chi connectivity index (χ3v) is 6.87. The number of H-pyrrole nitrogens is 2. The zero-order chi connectivity index (χ0) is 30.9. The third-order valence-electron chi connectivity index (χ3n) is 6.87. The first kappa shape index (κ1) is 30.7. The van der Waals surface area contributed by atoms with Gasteiger partial charge in [0.15, 0.2) is 0 Å². The van der Waals surface area contributed by atoms with Crippen LogP contribution in [0.25, 0.3) is 10.9 Å². The molecular formula is C29H33N7O7. The number of phenols is 1. The van der Waals surface area contributed by atoms with Crippen LogP contribution in [-0.2, 0) is 38.4 Å². The Morgan fingerprint density at radius 1 is 0.837 bits per heavy atom. The normalized spacial score (nSPS) is 13.9. The van der Waals surface area contributed by atoms with Crippen LogP contribution >= 0.6 is 0 Å². The summed E-state index contributed by atoms with van der Waals surface area (Å²) in [5, 5.41) is 36.6. The van der Waals surface area contributed by atoms with Crippen LogP contribution in [0.4, 0.5) is 0 Å². The monoisotopic (exact) mass is 591 g/mol. The Kier molecular flexibility index (Phi) is 10.1. The fourth-order valence-electron chi connectivity index (χ4n) is 4.54. The van der Waals surface area contributed by atoms with Gasteiger partial charge >= 0.3 is 5.97 Å². The van der Waals surface area contributed by atoms with E-state index in [1.165, 1.54) is 24.7 Å². The molecule has 14 heteroatoms. The predicted octanol–water partition coefficient (Wildman–Crippen LogP) is -0.517. The first-order valence-electron chi connectivity index (χ1n) is 13.4. The van der Waals surface area contributed by atoms with E-state index in [1.807, 2.05) is 24.3 Å². The summed E-state index contributed by atoms with van der Waals surface area (Å²) in [6.07, 6.45) is 4.68. The molecule has 0 fully saturated rings. The number of fused-ring (bicyclic) bond motifs is 1. The number of aliphatic carboxylic acids is 1. The lowest BCUT2D eigenvalue weighted by Gasteiger charge is -2.25. The van der Waals surface area contributed by atoms with Crippen molar-refractivity contribution in [2.75, 3.05) is 6.61 Å². The summed E-state index contributed by atoms with van der Waals surface area (Å²) < 4.78 is 0. The highest BCUT2D eigenvalue weighted by molar-refractivity contribution is 5.95.